The van der Waals surface area contributed by atoms with Crippen LogP contribution in [0, 0.1) is 5.92 Å². The second kappa shape index (κ2) is 7.39. The highest BCUT2D eigenvalue weighted by molar-refractivity contribution is 5.85. The maximum atomic E-state index is 11.6. The number of benzene rings is 1. The van der Waals surface area contributed by atoms with E-state index < -0.39 is 0 Å². The van der Waals surface area contributed by atoms with Crippen molar-refractivity contribution in [2.45, 2.75) is 25.3 Å². The fraction of sp³-hybridized carbons (Fsp3) is 0.500. The molecule has 1 atom stereocenters. The molecule has 0 heterocycles. The zero-order chi connectivity index (χ0) is 12.1. The van der Waals surface area contributed by atoms with Gasteiger partial charge in [0.05, 0.1) is 6.54 Å². The van der Waals surface area contributed by atoms with Gasteiger partial charge in [-0.05, 0) is 37.8 Å². The second-order valence-corrected chi connectivity index (χ2v) is 4.73. The van der Waals surface area contributed by atoms with Gasteiger partial charge < -0.3 is 10.6 Å². The van der Waals surface area contributed by atoms with Gasteiger partial charge in [0, 0.05) is 6.04 Å². The third kappa shape index (κ3) is 4.67. The molecular weight excluding hydrogens is 248 g/mol. The van der Waals surface area contributed by atoms with Crippen molar-refractivity contribution in [3.8, 4) is 0 Å². The summed E-state index contributed by atoms with van der Waals surface area (Å²) in [5, 5.41) is 6.01. The second-order valence-electron chi connectivity index (χ2n) is 4.73. The zero-order valence-corrected chi connectivity index (χ0v) is 11.5. The van der Waals surface area contributed by atoms with Gasteiger partial charge in [0.15, 0.2) is 0 Å². The lowest BCUT2D eigenvalue weighted by atomic mass is 10.0. The van der Waals surface area contributed by atoms with Crippen molar-refractivity contribution in [3.05, 3.63) is 35.9 Å². The number of likely N-dealkylation sites (N-methyl/N-ethyl adjacent to an activating group) is 1. The molecule has 2 N–H and O–H groups in total. The highest BCUT2D eigenvalue weighted by Gasteiger charge is 2.32. The Morgan fingerprint density at radius 1 is 1.33 bits per heavy atom. The Kier molecular flexibility index (Phi) is 6.16. The van der Waals surface area contributed by atoms with E-state index in [9.17, 15) is 4.79 Å². The van der Waals surface area contributed by atoms with Crippen LogP contribution in [-0.2, 0) is 11.2 Å². The minimum atomic E-state index is 0. The Balaban J connectivity index is 0.00000162. The summed E-state index contributed by atoms with van der Waals surface area (Å²) in [6, 6.07) is 10.7. The van der Waals surface area contributed by atoms with Crippen LogP contribution in [0.1, 0.15) is 18.4 Å². The molecular formula is C14H21ClN2O. The maximum absolute atomic E-state index is 11.6. The molecule has 1 aliphatic carbocycles. The Morgan fingerprint density at radius 2 is 2.00 bits per heavy atom. The first-order valence-corrected chi connectivity index (χ1v) is 6.27. The van der Waals surface area contributed by atoms with E-state index in [0.29, 0.717) is 18.5 Å². The van der Waals surface area contributed by atoms with Crippen LogP contribution in [0.4, 0.5) is 0 Å². The first kappa shape index (κ1) is 15.0. The highest BCUT2D eigenvalue weighted by atomic mass is 35.5. The van der Waals surface area contributed by atoms with Gasteiger partial charge in [-0.25, -0.2) is 0 Å². The zero-order valence-electron chi connectivity index (χ0n) is 10.7. The summed E-state index contributed by atoms with van der Waals surface area (Å²) in [4.78, 5) is 11.6. The fourth-order valence-electron chi connectivity index (χ4n) is 2.12. The van der Waals surface area contributed by atoms with Gasteiger partial charge in [-0.3, -0.25) is 4.79 Å². The van der Waals surface area contributed by atoms with E-state index in [0.717, 1.165) is 6.42 Å². The third-order valence-corrected chi connectivity index (χ3v) is 3.17. The average Bonchev–Trinajstić information content (AvgIpc) is 3.14. The lowest BCUT2D eigenvalue weighted by molar-refractivity contribution is -0.121. The smallest absolute Gasteiger partial charge is 0.234 e. The lowest BCUT2D eigenvalue weighted by Gasteiger charge is -2.18. The number of carbonyl (C=O) groups excluding carboxylic acids is 1. The van der Waals surface area contributed by atoms with E-state index in [4.69, 9.17) is 0 Å². The largest absolute Gasteiger partial charge is 0.352 e. The van der Waals surface area contributed by atoms with E-state index >= 15 is 0 Å². The van der Waals surface area contributed by atoms with E-state index in [1.54, 1.807) is 7.05 Å². The van der Waals surface area contributed by atoms with Crippen LogP contribution in [0.15, 0.2) is 30.3 Å². The molecule has 1 fully saturated rings. The minimum absolute atomic E-state index is 0. The molecule has 1 saturated carbocycles. The Labute approximate surface area is 115 Å². The lowest BCUT2D eigenvalue weighted by Crippen LogP contribution is -2.42. The molecule has 1 aromatic rings. The van der Waals surface area contributed by atoms with E-state index in [-0.39, 0.29) is 18.3 Å². The standard InChI is InChI=1S/C14H20N2O.ClH/c1-15-10-14(17)16-13(12-7-8-12)9-11-5-3-2-4-6-11;/h2-6,12-13,15H,7-10H2,1H3,(H,16,17);1H. The Bertz CT molecular complexity index is 365. The highest BCUT2D eigenvalue weighted by Crippen LogP contribution is 2.34. The van der Waals surface area contributed by atoms with Gasteiger partial charge in [-0.15, -0.1) is 12.4 Å². The first-order valence-electron chi connectivity index (χ1n) is 6.27. The van der Waals surface area contributed by atoms with Crippen molar-refractivity contribution in [2.75, 3.05) is 13.6 Å². The van der Waals surface area contributed by atoms with Gasteiger partial charge in [0.2, 0.25) is 5.91 Å². The minimum Gasteiger partial charge on any atom is -0.352 e. The molecule has 0 bridgehead atoms. The predicted octanol–water partition coefficient (Wildman–Crippen LogP) is 1.77. The summed E-state index contributed by atoms with van der Waals surface area (Å²) in [5.74, 6) is 0.774. The summed E-state index contributed by atoms with van der Waals surface area (Å²) in [6.45, 7) is 0.401. The molecule has 0 aromatic heterocycles. The van der Waals surface area contributed by atoms with Crippen LogP contribution in [0.5, 0.6) is 0 Å². The molecule has 100 valence electrons. The molecule has 1 aliphatic rings. The summed E-state index contributed by atoms with van der Waals surface area (Å²) >= 11 is 0. The maximum Gasteiger partial charge on any atom is 0.234 e. The van der Waals surface area contributed by atoms with Gasteiger partial charge in [-0.1, -0.05) is 30.3 Å². The number of rotatable bonds is 6. The van der Waals surface area contributed by atoms with Crippen LogP contribution < -0.4 is 10.6 Å². The van der Waals surface area contributed by atoms with Gasteiger partial charge >= 0.3 is 0 Å². The molecule has 0 radical (unpaired) electrons. The van der Waals surface area contributed by atoms with Crippen LogP contribution in [0.25, 0.3) is 0 Å². The molecule has 1 unspecified atom stereocenters. The molecule has 0 aliphatic heterocycles. The van der Waals surface area contributed by atoms with E-state index in [2.05, 4.69) is 34.9 Å². The van der Waals surface area contributed by atoms with Crippen LogP contribution >= 0.6 is 12.4 Å². The van der Waals surface area contributed by atoms with Crippen molar-refractivity contribution in [1.29, 1.82) is 0 Å². The van der Waals surface area contributed by atoms with E-state index in [1.165, 1.54) is 18.4 Å². The van der Waals surface area contributed by atoms with Crippen LogP contribution in [0.2, 0.25) is 0 Å². The average molecular weight is 269 g/mol. The van der Waals surface area contributed by atoms with Crippen molar-refractivity contribution >= 4 is 18.3 Å². The van der Waals surface area contributed by atoms with Crippen molar-refractivity contribution in [2.24, 2.45) is 5.92 Å². The number of hydrogen-bond donors (Lipinski definition) is 2. The number of carbonyl (C=O) groups is 1. The summed E-state index contributed by atoms with van der Waals surface area (Å²) in [5.41, 5.74) is 1.30. The fourth-order valence-corrected chi connectivity index (χ4v) is 2.12. The van der Waals surface area contributed by atoms with Crippen molar-refractivity contribution < 1.29 is 4.79 Å². The van der Waals surface area contributed by atoms with Crippen LogP contribution in [-0.4, -0.2) is 25.5 Å². The quantitative estimate of drug-likeness (QED) is 0.826. The predicted molar refractivity (Wildman–Crippen MR) is 76.0 cm³/mol. The van der Waals surface area contributed by atoms with E-state index in [1.807, 2.05) is 6.07 Å². The van der Waals surface area contributed by atoms with Crippen LogP contribution in [0.3, 0.4) is 0 Å². The summed E-state index contributed by atoms with van der Waals surface area (Å²) in [6.07, 6.45) is 3.44. The number of amides is 1. The molecule has 2 rings (SSSR count). The molecule has 0 saturated heterocycles. The van der Waals surface area contributed by atoms with Crippen molar-refractivity contribution in [3.63, 3.8) is 0 Å². The van der Waals surface area contributed by atoms with Crippen molar-refractivity contribution in [1.82, 2.24) is 10.6 Å². The molecule has 0 spiro atoms. The molecule has 4 heteroatoms. The number of hydrogen-bond acceptors (Lipinski definition) is 2. The SMILES string of the molecule is CNCC(=O)NC(Cc1ccccc1)C1CC1.Cl. The topological polar surface area (TPSA) is 41.1 Å². The normalized spacial score (nSPS) is 15.6. The summed E-state index contributed by atoms with van der Waals surface area (Å²) < 4.78 is 0. The summed E-state index contributed by atoms with van der Waals surface area (Å²) in [7, 11) is 1.79. The Morgan fingerprint density at radius 3 is 2.56 bits per heavy atom. The monoisotopic (exact) mass is 268 g/mol. The third-order valence-electron chi connectivity index (χ3n) is 3.17. The number of halogens is 1. The first-order chi connectivity index (χ1) is 8.29. The van der Waals surface area contributed by atoms with Gasteiger partial charge in [0.1, 0.15) is 0 Å². The molecule has 1 amide bonds. The van der Waals surface area contributed by atoms with Gasteiger partial charge in [-0.2, -0.15) is 0 Å². The molecule has 3 nitrogen and oxygen atoms in total. The van der Waals surface area contributed by atoms with Gasteiger partial charge in [0.25, 0.3) is 0 Å². The molecule has 18 heavy (non-hydrogen) atoms. The Hall–Kier alpha value is -1.06. The molecule has 1 aromatic carbocycles. The number of nitrogens with one attached hydrogen (secondary N) is 2.